The average molecular weight is 337 g/mol. The molecule has 3 aromatic rings. The van der Waals surface area contributed by atoms with Gasteiger partial charge in [-0.3, -0.25) is 0 Å². The molecule has 0 amide bonds. The summed E-state index contributed by atoms with van der Waals surface area (Å²) in [7, 11) is 0. The van der Waals surface area contributed by atoms with E-state index in [0.29, 0.717) is 0 Å². The van der Waals surface area contributed by atoms with E-state index in [9.17, 15) is 0 Å². The standard InChI is InChI=1S/C21H20N2.ClH/c1-16-10-6-8-14-19(16)22-21(18-12-4-3-5-13-18)23-20-15-9-7-11-17(20)2;/h3-15H,1-2H3,(H,22,23);1H. The number of hydrogen-bond acceptors (Lipinski definition) is 0. The fraction of sp³-hybridized carbons (Fsp3) is 0.0952. The van der Waals surface area contributed by atoms with Crippen molar-refractivity contribution in [2.24, 2.45) is 0 Å². The molecule has 2 nitrogen and oxygen atoms in total. The molecule has 0 unspecified atom stereocenters. The normalized spacial score (nSPS) is 10.8. The second-order valence-electron chi connectivity index (χ2n) is 5.62. The summed E-state index contributed by atoms with van der Waals surface area (Å²) in [5.74, 6) is 0.981. The fourth-order valence-corrected chi connectivity index (χ4v) is 2.48. The van der Waals surface area contributed by atoms with Crippen molar-refractivity contribution in [3.05, 3.63) is 95.6 Å². The third kappa shape index (κ3) is 4.24. The number of halogens is 1. The molecule has 0 saturated heterocycles. The molecule has 24 heavy (non-hydrogen) atoms. The van der Waals surface area contributed by atoms with E-state index in [-0.39, 0.29) is 12.4 Å². The van der Waals surface area contributed by atoms with E-state index in [1.54, 1.807) is 0 Å². The summed E-state index contributed by atoms with van der Waals surface area (Å²) in [5.41, 5.74) is 5.76. The van der Waals surface area contributed by atoms with Gasteiger partial charge in [0.2, 0.25) is 0 Å². The fourth-order valence-electron chi connectivity index (χ4n) is 2.48. The van der Waals surface area contributed by atoms with Gasteiger partial charge in [0.1, 0.15) is 11.4 Å². The summed E-state index contributed by atoms with van der Waals surface area (Å²) in [6, 6.07) is 26.9. The predicted octanol–water partition coefficient (Wildman–Crippen LogP) is 0.578. The zero-order valence-electron chi connectivity index (χ0n) is 13.9. The monoisotopic (exact) mass is 336 g/mol. The van der Waals surface area contributed by atoms with Gasteiger partial charge < -0.3 is 12.4 Å². The number of amidine groups is 1. The molecule has 2 N–H and O–H groups in total. The highest BCUT2D eigenvalue weighted by atomic mass is 35.5. The van der Waals surface area contributed by atoms with E-state index in [1.807, 2.05) is 30.3 Å². The third-order valence-corrected chi connectivity index (χ3v) is 3.87. The Balaban J connectivity index is 0.00000208. The quantitative estimate of drug-likeness (QED) is 0.531. The Morgan fingerprint density at radius 2 is 1.29 bits per heavy atom. The Morgan fingerprint density at radius 1 is 0.708 bits per heavy atom. The first-order chi connectivity index (χ1) is 11.2. The molecule has 0 heterocycles. The largest absolute Gasteiger partial charge is 1.00 e. The molecule has 0 bridgehead atoms. The molecule has 0 aliphatic rings. The zero-order chi connectivity index (χ0) is 16.1. The van der Waals surface area contributed by atoms with Crippen molar-refractivity contribution in [1.82, 2.24) is 0 Å². The molecule has 3 aromatic carbocycles. The lowest BCUT2D eigenvalue weighted by Crippen LogP contribution is -3.00. The van der Waals surface area contributed by atoms with Gasteiger partial charge in [0, 0.05) is 0 Å². The highest BCUT2D eigenvalue weighted by Crippen LogP contribution is 2.14. The van der Waals surface area contributed by atoms with Crippen LogP contribution in [0.5, 0.6) is 0 Å². The maximum absolute atomic E-state index is 3.54. The molecular weight excluding hydrogens is 316 g/mol. The maximum atomic E-state index is 3.54. The second-order valence-corrected chi connectivity index (χ2v) is 5.62. The summed E-state index contributed by atoms with van der Waals surface area (Å²) in [6.45, 7) is 4.22. The van der Waals surface area contributed by atoms with Crippen LogP contribution in [0.25, 0.3) is 0 Å². The van der Waals surface area contributed by atoms with Crippen LogP contribution < -0.4 is 22.7 Å². The van der Waals surface area contributed by atoms with Crippen molar-refractivity contribution in [2.75, 3.05) is 5.32 Å². The molecule has 0 saturated carbocycles. The molecule has 0 atom stereocenters. The molecule has 0 aliphatic heterocycles. The second kappa shape index (κ2) is 8.32. The summed E-state index contributed by atoms with van der Waals surface area (Å²) in [5, 5.41) is 3.54. The van der Waals surface area contributed by atoms with Crippen molar-refractivity contribution < 1.29 is 17.4 Å². The van der Waals surface area contributed by atoms with Crippen LogP contribution in [0.15, 0.2) is 78.9 Å². The summed E-state index contributed by atoms with van der Waals surface area (Å²) in [4.78, 5) is 3.54. The van der Waals surface area contributed by atoms with Crippen LogP contribution in [0.4, 0.5) is 11.4 Å². The molecule has 0 aromatic heterocycles. The molecule has 3 rings (SSSR count). The van der Waals surface area contributed by atoms with Crippen molar-refractivity contribution >= 4 is 17.2 Å². The van der Waals surface area contributed by atoms with Crippen molar-refractivity contribution in [3.8, 4) is 0 Å². The molecule has 3 heteroatoms. The lowest BCUT2D eigenvalue weighted by molar-refractivity contribution is -0.353. The number of rotatable bonds is 3. The number of para-hydroxylation sites is 2. The van der Waals surface area contributed by atoms with Gasteiger partial charge in [0.25, 0.3) is 5.84 Å². The van der Waals surface area contributed by atoms with E-state index in [2.05, 4.69) is 72.7 Å². The lowest BCUT2D eigenvalue weighted by Gasteiger charge is -2.07. The van der Waals surface area contributed by atoms with Crippen LogP contribution in [0.3, 0.4) is 0 Å². The first-order valence-electron chi connectivity index (χ1n) is 7.82. The smallest absolute Gasteiger partial charge is 0.285 e. The first-order valence-corrected chi connectivity index (χ1v) is 7.82. The number of benzene rings is 3. The molecule has 122 valence electrons. The van der Waals surface area contributed by atoms with Gasteiger partial charge in [-0.05, 0) is 49.2 Å². The van der Waals surface area contributed by atoms with Crippen molar-refractivity contribution in [3.63, 3.8) is 0 Å². The first kappa shape index (κ1) is 17.8. The Morgan fingerprint density at radius 3 is 1.96 bits per heavy atom. The Labute approximate surface area is 149 Å². The van der Waals surface area contributed by atoms with E-state index in [0.717, 1.165) is 22.8 Å². The van der Waals surface area contributed by atoms with Gasteiger partial charge in [-0.1, -0.05) is 54.6 Å². The minimum Gasteiger partial charge on any atom is -1.00 e. The average Bonchev–Trinajstić information content (AvgIpc) is 2.59. The number of aryl methyl sites for hydroxylation is 2. The van der Waals surface area contributed by atoms with Gasteiger partial charge in [0.15, 0.2) is 0 Å². The summed E-state index contributed by atoms with van der Waals surface area (Å²) >= 11 is 0. The van der Waals surface area contributed by atoms with E-state index >= 15 is 0 Å². The van der Waals surface area contributed by atoms with Gasteiger partial charge >= 0.3 is 0 Å². The summed E-state index contributed by atoms with van der Waals surface area (Å²) in [6.07, 6.45) is 0. The van der Waals surface area contributed by atoms with Crippen LogP contribution in [0, 0.1) is 13.8 Å². The topological polar surface area (TPSA) is 26.0 Å². The lowest BCUT2D eigenvalue weighted by atomic mass is 10.1. The van der Waals surface area contributed by atoms with Gasteiger partial charge in [-0.25, -0.2) is 10.3 Å². The van der Waals surface area contributed by atoms with Gasteiger partial charge in [-0.15, -0.1) is 0 Å². The molecule has 0 aliphatic carbocycles. The Bertz CT molecular complexity index is 826. The Kier molecular flexibility index (Phi) is 6.16. The van der Waals surface area contributed by atoms with Crippen molar-refractivity contribution in [1.29, 1.82) is 0 Å². The van der Waals surface area contributed by atoms with Gasteiger partial charge in [0.05, 0.1) is 5.56 Å². The predicted molar refractivity (Wildman–Crippen MR) is 97.2 cm³/mol. The molecule has 0 spiro atoms. The molecule has 0 fully saturated rings. The number of nitrogens with one attached hydrogen (secondary N) is 2. The zero-order valence-corrected chi connectivity index (χ0v) is 14.6. The van der Waals surface area contributed by atoms with Crippen LogP contribution >= 0.6 is 0 Å². The SMILES string of the molecule is Cc1ccccc1NC(=[NH+]c1ccccc1C)c1ccccc1.[Cl-]. The summed E-state index contributed by atoms with van der Waals surface area (Å²) < 4.78 is 0. The Hall–Kier alpha value is -2.58. The third-order valence-electron chi connectivity index (χ3n) is 3.87. The highest BCUT2D eigenvalue weighted by molar-refractivity contribution is 6.05. The van der Waals surface area contributed by atoms with E-state index < -0.39 is 0 Å². The van der Waals surface area contributed by atoms with E-state index in [1.165, 1.54) is 11.1 Å². The van der Waals surface area contributed by atoms with Crippen LogP contribution in [0.2, 0.25) is 0 Å². The van der Waals surface area contributed by atoms with Gasteiger partial charge in [-0.2, -0.15) is 0 Å². The molecule has 0 radical (unpaired) electrons. The molecular formula is C21H21ClN2. The van der Waals surface area contributed by atoms with Crippen LogP contribution in [-0.2, 0) is 0 Å². The van der Waals surface area contributed by atoms with Crippen LogP contribution in [0.1, 0.15) is 16.7 Å². The number of hydrogen-bond donors (Lipinski definition) is 2. The minimum absolute atomic E-state index is 0. The minimum atomic E-state index is 0. The van der Waals surface area contributed by atoms with Crippen molar-refractivity contribution in [2.45, 2.75) is 13.8 Å². The van der Waals surface area contributed by atoms with E-state index in [4.69, 9.17) is 0 Å². The number of anilines is 1. The highest BCUT2D eigenvalue weighted by Gasteiger charge is 2.13. The van der Waals surface area contributed by atoms with Crippen LogP contribution in [-0.4, -0.2) is 5.84 Å². The maximum Gasteiger partial charge on any atom is 0.285 e.